The molecule has 0 atom stereocenters. The molecule has 76 valence electrons. The molecular formula is C9H10FIN2O. The number of hydrogen-bond acceptors (Lipinski definition) is 2. The molecule has 0 aliphatic rings. The van der Waals surface area contributed by atoms with Crippen LogP contribution in [0, 0.1) is 9.39 Å². The lowest BCUT2D eigenvalue weighted by Crippen LogP contribution is -2.13. The van der Waals surface area contributed by atoms with Gasteiger partial charge in [-0.1, -0.05) is 6.92 Å². The van der Waals surface area contributed by atoms with Crippen molar-refractivity contribution in [3.8, 4) is 0 Å². The molecule has 1 amide bonds. The predicted octanol–water partition coefficient (Wildman–Crippen LogP) is 2.56. The van der Waals surface area contributed by atoms with Gasteiger partial charge in [0.05, 0.1) is 3.57 Å². The number of pyridine rings is 1. The Balaban J connectivity index is 2.76. The van der Waals surface area contributed by atoms with Gasteiger partial charge < -0.3 is 5.32 Å². The first-order valence-electron chi connectivity index (χ1n) is 4.25. The Morgan fingerprint density at radius 2 is 2.43 bits per heavy atom. The fraction of sp³-hybridized carbons (Fsp3) is 0.333. The molecule has 3 nitrogen and oxygen atoms in total. The smallest absolute Gasteiger partial charge is 0.225 e. The number of carbonyl (C=O) groups is 1. The minimum absolute atomic E-state index is 0.00958. The normalized spacial score (nSPS) is 9.93. The van der Waals surface area contributed by atoms with E-state index in [0.29, 0.717) is 9.99 Å². The lowest BCUT2D eigenvalue weighted by molar-refractivity contribution is -0.116. The number of nitrogens with zero attached hydrogens (tertiary/aromatic N) is 1. The molecule has 0 saturated heterocycles. The third-order valence-electron chi connectivity index (χ3n) is 1.58. The van der Waals surface area contributed by atoms with Crippen molar-refractivity contribution in [2.45, 2.75) is 19.8 Å². The molecule has 0 aliphatic carbocycles. The maximum atomic E-state index is 13.3. The largest absolute Gasteiger partial charge is 0.308 e. The molecule has 1 rings (SSSR count). The monoisotopic (exact) mass is 308 g/mol. The molecule has 0 aliphatic heterocycles. The predicted molar refractivity (Wildman–Crippen MR) is 60.4 cm³/mol. The van der Waals surface area contributed by atoms with Crippen LogP contribution in [-0.4, -0.2) is 10.9 Å². The number of halogens is 2. The van der Waals surface area contributed by atoms with Crippen LogP contribution in [0.15, 0.2) is 12.3 Å². The summed E-state index contributed by atoms with van der Waals surface area (Å²) in [5, 5.41) is 2.42. The first-order valence-corrected chi connectivity index (χ1v) is 5.33. The van der Waals surface area contributed by atoms with Crippen LogP contribution >= 0.6 is 22.6 Å². The number of hydrogen-bond donors (Lipinski definition) is 1. The highest BCUT2D eigenvalue weighted by Gasteiger charge is 2.09. The van der Waals surface area contributed by atoms with Crippen molar-refractivity contribution in [1.29, 1.82) is 0 Å². The van der Waals surface area contributed by atoms with Crippen LogP contribution in [0.25, 0.3) is 0 Å². The summed E-state index contributed by atoms with van der Waals surface area (Å²) in [6, 6.07) is 1.55. The lowest BCUT2D eigenvalue weighted by Gasteiger charge is -2.04. The summed E-state index contributed by atoms with van der Waals surface area (Å²) in [5.41, 5.74) is 0. The molecular weight excluding hydrogens is 298 g/mol. The van der Waals surface area contributed by atoms with Crippen LogP contribution in [0.2, 0.25) is 0 Å². The summed E-state index contributed by atoms with van der Waals surface area (Å²) in [6.07, 6.45) is 2.58. The summed E-state index contributed by atoms with van der Waals surface area (Å²) in [6.45, 7) is 1.89. The average molecular weight is 308 g/mol. The van der Waals surface area contributed by atoms with Crippen LogP contribution in [0.3, 0.4) is 0 Å². The van der Waals surface area contributed by atoms with E-state index in [9.17, 15) is 9.18 Å². The van der Waals surface area contributed by atoms with Crippen molar-refractivity contribution in [2.75, 3.05) is 5.32 Å². The molecule has 0 spiro atoms. The van der Waals surface area contributed by atoms with Gasteiger partial charge in [0.15, 0.2) is 11.6 Å². The van der Waals surface area contributed by atoms with Gasteiger partial charge in [-0.25, -0.2) is 9.37 Å². The molecule has 0 aromatic carbocycles. The number of aromatic nitrogens is 1. The average Bonchev–Trinajstić information content (AvgIpc) is 2.13. The first-order chi connectivity index (χ1) is 6.65. The Hall–Kier alpha value is -0.720. The van der Waals surface area contributed by atoms with E-state index in [1.165, 1.54) is 6.20 Å². The second-order valence-corrected chi connectivity index (χ2v) is 3.92. The van der Waals surface area contributed by atoms with E-state index in [0.717, 1.165) is 6.42 Å². The van der Waals surface area contributed by atoms with E-state index in [1.54, 1.807) is 6.07 Å². The summed E-state index contributed by atoms with van der Waals surface area (Å²) < 4.78 is 13.8. The SMILES string of the molecule is CCCC(=O)Nc1nccc(I)c1F. The van der Waals surface area contributed by atoms with Gasteiger partial charge in [-0.2, -0.15) is 0 Å². The Morgan fingerprint density at radius 3 is 3.07 bits per heavy atom. The van der Waals surface area contributed by atoms with Crippen LogP contribution in [-0.2, 0) is 4.79 Å². The van der Waals surface area contributed by atoms with Crippen molar-refractivity contribution in [1.82, 2.24) is 4.98 Å². The number of amides is 1. The van der Waals surface area contributed by atoms with E-state index < -0.39 is 5.82 Å². The Labute approximate surface area is 95.2 Å². The zero-order valence-electron chi connectivity index (χ0n) is 7.68. The number of carbonyl (C=O) groups excluding carboxylic acids is 1. The maximum absolute atomic E-state index is 13.3. The van der Waals surface area contributed by atoms with Crippen LogP contribution in [0.1, 0.15) is 19.8 Å². The van der Waals surface area contributed by atoms with E-state index in [2.05, 4.69) is 10.3 Å². The summed E-state index contributed by atoms with van der Waals surface area (Å²) >= 11 is 1.85. The van der Waals surface area contributed by atoms with Crippen molar-refractivity contribution in [3.63, 3.8) is 0 Å². The molecule has 1 aromatic heterocycles. The van der Waals surface area contributed by atoms with E-state index in [4.69, 9.17) is 0 Å². The fourth-order valence-electron chi connectivity index (χ4n) is 0.929. The first kappa shape index (κ1) is 11.4. The van der Waals surface area contributed by atoms with Gasteiger partial charge in [0, 0.05) is 12.6 Å². The van der Waals surface area contributed by atoms with Gasteiger partial charge in [-0.05, 0) is 35.1 Å². The van der Waals surface area contributed by atoms with Crippen molar-refractivity contribution in [2.24, 2.45) is 0 Å². The highest BCUT2D eigenvalue weighted by atomic mass is 127. The topological polar surface area (TPSA) is 42.0 Å². The highest BCUT2D eigenvalue weighted by Crippen LogP contribution is 2.16. The lowest BCUT2D eigenvalue weighted by atomic mass is 10.3. The highest BCUT2D eigenvalue weighted by molar-refractivity contribution is 14.1. The van der Waals surface area contributed by atoms with Gasteiger partial charge in [0.1, 0.15) is 0 Å². The Kier molecular flexibility index (Phi) is 4.24. The molecule has 1 N–H and O–H groups in total. The van der Waals surface area contributed by atoms with Gasteiger partial charge in [0.2, 0.25) is 5.91 Å². The minimum atomic E-state index is -0.474. The number of rotatable bonds is 3. The number of anilines is 1. The molecule has 0 fully saturated rings. The van der Waals surface area contributed by atoms with Gasteiger partial charge in [-0.3, -0.25) is 4.79 Å². The molecule has 1 aromatic rings. The van der Waals surface area contributed by atoms with Gasteiger partial charge >= 0.3 is 0 Å². The Bertz CT molecular complexity index is 344. The van der Waals surface area contributed by atoms with E-state index in [-0.39, 0.29) is 11.7 Å². The van der Waals surface area contributed by atoms with Gasteiger partial charge in [-0.15, -0.1) is 0 Å². The quantitative estimate of drug-likeness (QED) is 0.872. The van der Waals surface area contributed by atoms with E-state index >= 15 is 0 Å². The molecule has 1 heterocycles. The van der Waals surface area contributed by atoms with E-state index in [1.807, 2.05) is 29.5 Å². The number of nitrogens with one attached hydrogen (secondary N) is 1. The third kappa shape index (κ3) is 2.90. The molecule has 14 heavy (non-hydrogen) atoms. The maximum Gasteiger partial charge on any atom is 0.225 e. The van der Waals surface area contributed by atoms with Crippen LogP contribution < -0.4 is 5.32 Å². The Morgan fingerprint density at radius 1 is 1.71 bits per heavy atom. The molecule has 5 heteroatoms. The summed E-state index contributed by atoms with van der Waals surface area (Å²) in [4.78, 5) is 14.9. The van der Waals surface area contributed by atoms with Crippen molar-refractivity contribution >= 4 is 34.3 Å². The molecule has 0 unspecified atom stereocenters. The molecule has 0 bridgehead atoms. The second kappa shape index (κ2) is 5.23. The molecule has 0 radical (unpaired) electrons. The zero-order chi connectivity index (χ0) is 10.6. The summed E-state index contributed by atoms with van der Waals surface area (Å²) in [5.74, 6) is -0.672. The van der Waals surface area contributed by atoms with Crippen LogP contribution in [0.5, 0.6) is 0 Å². The van der Waals surface area contributed by atoms with Crippen molar-refractivity contribution in [3.05, 3.63) is 21.7 Å². The molecule has 0 saturated carbocycles. The minimum Gasteiger partial charge on any atom is -0.308 e. The van der Waals surface area contributed by atoms with Crippen LogP contribution in [0.4, 0.5) is 10.2 Å². The summed E-state index contributed by atoms with van der Waals surface area (Å²) in [7, 11) is 0. The van der Waals surface area contributed by atoms with Gasteiger partial charge in [0.25, 0.3) is 0 Å². The fourth-order valence-corrected chi connectivity index (χ4v) is 1.35. The second-order valence-electron chi connectivity index (χ2n) is 2.75. The third-order valence-corrected chi connectivity index (χ3v) is 2.41. The zero-order valence-corrected chi connectivity index (χ0v) is 9.84. The van der Waals surface area contributed by atoms with Crippen molar-refractivity contribution < 1.29 is 9.18 Å². The standard InChI is InChI=1S/C9H10FIN2O/c1-2-3-7(14)13-9-8(10)6(11)4-5-12-9/h4-5H,2-3H2,1H3,(H,12,13,14).